The van der Waals surface area contributed by atoms with Crippen LogP contribution in [0.1, 0.15) is 36.0 Å². The van der Waals surface area contributed by atoms with Crippen LogP contribution in [0.4, 0.5) is 0 Å². The molecule has 5 rings (SSSR count). The highest BCUT2D eigenvalue weighted by molar-refractivity contribution is 6.36. The molecule has 216 valence electrons. The van der Waals surface area contributed by atoms with E-state index in [9.17, 15) is 14.4 Å². The maximum Gasteiger partial charge on any atom is 0.336 e. The monoisotopic (exact) mass is 597 g/mol. The van der Waals surface area contributed by atoms with Gasteiger partial charge >= 0.3 is 11.9 Å². The number of aliphatic imine (C=N–C) groups is 1. The first-order valence-corrected chi connectivity index (χ1v) is 14.5. The Kier molecular flexibility index (Phi) is 8.82. The van der Waals surface area contributed by atoms with Crippen LogP contribution in [0.5, 0.6) is 0 Å². The van der Waals surface area contributed by atoms with Crippen LogP contribution in [0.15, 0.2) is 58.7 Å². The summed E-state index contributed by atoms with van der Waals surface area (Å²) in [6.07, 6.45) is 1.94. The zero-order valence-electron chi connectivity index (χ0n) is 23.4. The molecule has 1 fully saturated rings. The first-order chi connectivity index (χ1) is 19.7. The van der Waals surface area contributed by atoms with Crippen molar-refractivity contribution < 1.29 is 23.9 Å². The average Bonchev–Trinajstić information content (AvgIpc) is 3.41. The smallest absolute Gasteiger partial charge is 0.336 e. The molecule has 1 aliphatic carbocycles. The van der Waals surface area contributed by atoms with Gasteiger partial charge in [0.2, 0.25) is 5.91 Å². The van der Waals surface area contributed by atoms with Gasteiger partial charge in [-0.2, -0.15) is 0 Å². The fourth-order valence-electron chi connectivity index (χ4n) is 6.36. The maximum atomic E-state index is 13.6. The number of carbonyl (C=O) groups excluding carboxylic acids is 3. The standard InChI is InChI=1S/C31H33Cl2N3O5/c1-18-26(30(38)40-2)29(27-22(32)9-6-10-23(27)33)28(31(39)41-3)24(34-18)17-25(37)36-13-11-35(12-14-36)21-15-19-7-4-5-8-20(19)16-21/h4-10,21,26,29H,11-17H2,1-3H3. The number of carbonyl (C=O) groups is 3. The van der Waals surface area contributed by atoms with Crippen molar-refractivity contribution in [3.05, 3.63) is 80.5 Å². The lowest BCUT2D eigenvalue weighted by atomic mass is 9.75. The summed E-state index contributed by atoms with van der Waals surface area (Å²) in [4.78, 5) is 48.7. The summed E-state index contributed by atoms with van der Waals surface area (Å²) in [6.45, 7) is 4.39. The second kappa shape index (κ2) is 12.3. The summed E-state index contributed by atoms with van der Waals surface area (Å²) in [5, 5.41) is 0.562. The molecule has 1 amide bonds. The minimum absolute atomic E-state index is 0.0826. The minimum atomic E-state index is -0.968. The van der Waals surface area contributed by atoms with Crippen molar-refractivity contribution in [3.63, 3.8) is 0 Å². The lowest BCUT2D eigenvalue weighted by Crippen LogP contribution is -2.52. The predicted molar refractivity (Wildman–Crippen MR) is 157 cm³/mol. The van der Waals surface area contributed by atoms with Crippen LogP contribution in [0.2, 0.25) is 10.0 Å². The van der Waals surface area contributed by atoms with Gasteiger partial charge in [-0.05, 0) is 48.6 Å². The normalized spacial score (nSPS) is 21.4. The lowest BCUT2D eigenvalue weighted by molar-refractivity contribution is -0.143. The van der Waals surface area contributed by atoms with E-state index in [4.69, 9.17) is 32.7 Å². The molecular weight excluding hydrogens is 565 g/mol. The summed E-state index contributed by atoms with van der Waals surface area (Å²) in [5.41, 5.74) is 3.92. The van der Waals surface area contributed by atoms with E-state index in [0.29, 0.717) is 30.4 Å². The number of methoxy groups -OCH3 is 2. The third-order valence-corrected chi connectivity index (χ3v) is 9.08. The maximum absolute atomic E-state index is 13.6. The molecule has 0 saturated carbocycles. The number of ether oxygens (including phenoxy) is 2. The van der Waals surface area contributed by atoms with Crippen molar-refractivity contribution >= 4 is 46.8 Å². The number of hydrogen-bond acceptors (Lipinski definition) is 7. The van der Waals surface area contributed by atoms with Gasteiger partial charge in [0.1, 0.15) is 5.92 Å². The third kappa shape index (κ3) is 5.78. The molecule has 3 aliphatic rings. The van der Waals surface area contributed by atoms with Crippen LogP contribution in [-0.4, -0.2) is 79.8 Å². The van der Waals surface area contributed by atoms with Crippen molar-refractivity contribution in [3.8, 4) is 0 Å². The molecule has 2 unspecified atom stereocenters. The van der Waals surface area contributed by atoms with Gasteiger partial charge < -0.3 is 14.4 Å². The minimum Gasteiger partial charge on any atom is -0.468 e. The number of hydrogen-bond donors (Lipinski definition) is 0. The van der Waals surface area contributed by atoms with Gasteiger partial charge in [0, 0.05) is 53.9 Å². The lowest BCUT2D eigenvalue weighted by Gasteiger charge is -2.38. The van der Waals surface area contributed by atoms with Gasteiger partial charge in [0.15, 0.2) is 0 Å². The molecule has 8 nitrogen and oxygen atoms in total. The molecule has 2 atom stereocenters. The SMILES string of the molecule is COC(=O)C1=C(CC(=O)N2CCN(C3Cc4ccccc4C3)CC2)N=C(C)C(C(=O)OC)C1c1c(Cl)cccc1Cl. The van der Waals surface area contributed by atoms with E-state index >= 15 is 0 Å². The molecule has 41 heavy (non-hydrogen) atoms. The Labute approximate surface area is 249 Å². The molecule has 0 bridgehead atoms. The Hall–Kier alpha value is -3.20. The van der Waals surface area contributed by atoms with Crippen LogP contribution in [-0.2, 0) is 36.7 Å². The van der Waals surface area contributed by atoms with Crippen molar-refractivity contribution in [2.75, 3.05) is 40.4 Å². The average molecular weight is 599 g/mol. The summed E-state index contributed by atoms with van der Waals surface area (Å²) in [7, 11) is 2.52. The van der Waals surface area contributed by atoms with Gasteiger partial charge in [-0.25, -0.2) is 4.79 Å². The summed E-state index contributed by atoms with van der Waals surface area (Å²) >= 11 is 13.2. The summed E-state index contributed by atoms with van der Waals surface area (Å²) in [5.74, 6) is -3.34. The quantitative estimate of drug-likeness (QED) is 0.457. The second-order valence-electron chi connectivity index (χ2n) is 10.6. The highest BCUT2D eigenvalue weighted by Crippen LogP contribution is 2.46. The van der Waals surface area contributed by atoms with E-state index in [1.165, 1.54) is 25.3 Å². The van der Waals surface area contributed by atoms with E-state index in [1.807, 2.05) is 4.90 Å². The van der Waals surface area contributed by atoms with Crippen molar-refractivity contribution in [1.29, 1.82) is 0 Å². The number of piperazine rings is 1. The zero-order valence-corrected chi connectivity index (χ0v) is 24.9. The van der Waals surface area contributed by atoms with Crippen LogP contribution in [0.3, 0.4) is 0 Å². The number of halogens is 2. The fraction of sp³-hybridized carbons (Fsp3) is 0.419. The molecule has 0 N–H and O–H groups in total. The molecule has 0 aromatic heterocycles. The fourth-order valence-corrected chi connectivity index (χ4v) is 6.99. The van der Waals surface area contributed by atoms with Crippen LogP contribution in [0.25, 0.3) is 0 Å². The van der Waals surface area contributed by atoms with E-state index in [-0.39, 0.29) is 33.6 Å². The molecule has 0 spiro atoms. The molecule has 1 saturated heterocycles. The molecule has 0 radical (unpaired) electrons. The second-order valence-corrected chi connectivity index (χ2v) is 11.5. The third-order valence-electron chi connectivity index (χ3n) is 8.42. The predicted octanol–water partition coefficient (Wildman–Crippen LogP) is 4.47. The molecular formula is C31H33Cl2N3O5. The number of nitrogens with zero attached hydrogens (tertiary/aromatic N) is 3. The Morgan fingerprint density at radius 1 is 0.902 bits per heavy atom. The van der Waals surface area contributed by atoms with E-state index in [2.05, 4.69) is 34.2 Å². The highest BCUT2D eigenvalue weighted by atomic mass is 35.5. The van der Waals surface area contributed by atoms with Gasteiger partial charge in [-0.15, -0.1) is 0 Å². The van der Waals surface area contributed by atoms with Gasteiger partial charge in [-0.3, -0.25) is 19.5 Å². The molecule has 10 heteroatoms. The summed E-state index contributed by atoms with van der Waals surface area (Å²) < 4.78 is 10.2. The van der Waals surface area contributed by atoms with Crippen molar-refractivity contribution in [2.24, 2.45) is 10.9 Å². The number of benzene rings is 2. The van der Waals surface area contributed by atoms with Crippen LogP contribution < -0.4 is 0 Å². The molecule has 2 heterocycles. The number of rotatable bonds is 6. The van der Waals surface area contributed by atoms with Gasteiger partial charge in [0.25, 0.3) is 0 Å². The topological polar surface area (TPSA) is 88.5 Å². The Morgan fingerprint density at radius 3 is 2.07 bits per heavy atom. The van der Waals surface area contributed by atoms with Crippen molar-refractivity contribution in [1.82, 2.24) is 9.80 Å². The van der Waals surface area contributed by atoms with Crippen LogP contribution >= 0.6 is 23.2 Å². The summed E-state index contributed by atoms with van der Waals surface area (Å²) in [6, 6.07) is 14.0. The zero-order chi connectivity index (χ0) is 29.3. The van der Waals surface area contributed by atoms with E-state index in [1.54, 1.807) is 25.1 Å². The highest BCUT2D eigenvalue weighted by Gasteiger charge is 2.45. The van der Waals surface area contributed by atoms with Gasteiger partial charge in [-0.1, -0.05) is 53.5 Å². The first-order valence-electron chi connectivity index (χ1n) is 13.7. The molecule has 2 aromatic carbocycles. The number of fused-ring (bicyclic) bond motifs is 1. The van der Waals surface area contributed by atoms with E-state index < -0.39 is 23.8 Å². The van der Waals surface area contributed by atoms with Crippen LogP contribution in [0, 0.1) is 5.92 Å². The van der Waals surface area contributed by atoms with E-state index in [0.717, 1.165) is 25.9 Å². The largest absolute Gasteiger partial charge is 0.468 e. The Morgan fingerprint density at radius 2 is 1.51 bits per heavy atom. The Bertz CT molecular complexity index is 1390. The van der Waals surface area contributed by atoms with Crippen molar-refractivity contribution in [2.45, 2.75) is 38.1 Å². The number of amides is 1. The Balaban J connectivity index is 1.39. The first kappa shape index (κ1) is 29.3. The molecule has 2 aliphatic heterocycles. The number of esters is 2. The molecule has 2 aromatic rings. The van der Waals surface area contributed by atoms with Gasteiger partial charge in [0.05, 0.1) is 31.9 Å².